The molecule has 0 radical (unpaired) electrons. The average Bonchev–Trinajstić information content (AvgIpc) is 2.26. The SMILES string of the molecule is NCCCC1COc2cc(Br)ccc2N1. The molecule has 0 spiro atoms. The lowest BCUT2D eigenvalue weighted by atomic mass is 10.1. The molecule has 1 aromatic rings. The van der Waals surface area contributed by atoms with Crippen LogP contribution in [0.4, 0.5) is 5.69 Å². The van der Waals surface area contributed by atoms with E-state index in [9.17, 15) is 0 Å². The number of halogens is 1. The molecule has 3 N–H and O–H groups in total. The van der Waals surface area contributed by atoms with E-state index in [1.807, 2.05) is 18.2 Å². The lowest BCUT2D eigenvalue weighted by Gasteiger charge is -2.27. The second-order valence-electron chi connectivity index (χ2n) is 3.72. The molecule has 0 fully saturated rings. The minimum Gasteiger partial charge on any atom is -0.489 e. The highest BCUT2D eigenvalue weighted by atomic mass is 79.9. The van der Waals surface area contributed by atoms with Crippen LogP contribution in [0.15, 0.2) is 22.7 Å². The maximum absolute atomic E-state index is 5.68. The average molecular weight is 271 g/mol. The van der Waals surface area contributed by atoms with E-state index in [4.69, 9.17) is 10.5 Å². The summed E-state index contributed by atoms with van der Waals surface area (Å²) in [4.78, 5) is 0. The van der Waals surface area contributed by atoms with Gasteiger partial charge in [-0.1, -0.05) is 15.9 Å². The van der Waals surface area contributed by atoms with Crippen LogP contribution in [-0.2, 0) is 0 Å². The van der Waals surface area contributed by atoms with Crippen molar-refractivity contribution in [3.8, 4) is 5.75 Å². The van der Waals surface area contributed by atoms with Crippen LogP contribution in [0.2, 0.25) is 0 Å². The number of fused-ring (bicyclic) bond motifs is 1. The van der Waals surface area contributed by atoms with E-state index in [1.54, 1.807) is 0 Å². The first-order chi connectivity index (χ1) is 7.29. The van der Waals surface area contributed by atoms with Gasteiger partial charge < -0.3 is 15.8 Å². The molecule has 3 nitrogen and oxygen atoms in total. The summed E-state index contributed by atoms with van der Waals surface area (Å²) in [6, 6.07) is 6.43. The summed E-state index contributed by atoms with van der Waals surface area (Å²) in [7, 11) is 0. The Labute approximate surface area is 98.1 Å². The standard InChI is InChI=1S/C11H15BrN2O/c12-8-3-4-10-11(6-8)15-7-9(14-10)2-1-5-13/h3-4,6,9,14H,1-2,5,7,13H2. The highest BCUT2D eigenvalue weighted by Gasteiger charge is 2.17. The molecule has 0 bridgehead atoms. The van der Waals surface area contributed by atoms with Crippen molar-refractivity contribution in [3.05, 3.63) is 22.7 Å². The Bertz CT molecular complexity index is 343. The van der Waals surface area contributed by atoms with Gasteiger partial charge in [-0.2, -0.15) is 0 Å². The summed E-state index contributed by atoms with van der Waals surface area (Å²) in [5.74, 6) is 0.924. The van der Waals surface area contributed by atoms with Crippen molar-refractivity contribution in [1.82, 2.24) is 0 Å². The zero-order chi connectivity index (χ0) is 10.7. The molecule has 0 saturated heterocycles. The van der Waals surface area contributed by atoms with Crippen LogP contribution in [-0.4, -0.2) is 19.2 Å². The molecule has 1 unspecified atom stereocenters. The molecule has 2 rings (SSSR count). The smallest absolute Gasteiger partial charge is 0.143 e. The van der Waals surface area contributed by atoms with Crippen LogP contribution in [0.1, 0.15) is 12.8 Å². The summed E-state index contributed by atoms with van der Waals surface area (Å²) < 4.78 is 6.73. The van der Waals surface area contributed by atoms with Gasteiger partial charge in [0.2, 0.25) is 0 Å². The van der Waals surface area contributed by atoms with Crippen molar-refractivity contribution in [3.63, 3.8) is 0 Å². The van der Waals surface area contributed by atoms with E-state index in [0.29, 0.717) is 6.04 Å². The quantitative estimate of drug-likeness (QED) is 0.887. The van der Waals surface area contributed by atoms with Crippen molar-refractivity contribution < 1.29 is 4.74 Å². The van der Waals surface area contributed by atoms with Gasteiger partial charge in [-0.3, -0.25) is 0 Å². The maximum atomic E-state index is 5.68. The zero-order valence-electron chi connectivity index (χ0n) is 8.50. The number of anilines is 1. The van der Waals surface area contributed by atoms with Gasteiger partial charge in [0.15, 0.2) is 0 Å². The highest BCUT2D eigenvalue weighted by molar-refractivity contribution is 9.10. The minimum absolute atomic E-state index is 0.391. The molecule has 4 heteroatoms. The molecule has 1 aromatic carbocycles. The van der Waals surface area contributed by atoms with E-state index in [1.165, 1.54) is 0 Å². The van der Waals surface area contributed by atoms with Gasteiger partial charge in [0.1, 0.15) is 12.4 Å². The van der Waals surface area contributed by atoms with Gasteiger partial charge in [-0.25, -0.2) is 0 Å². The molecule has 0 aromatic heterocycles. The molecule has 0 aliphatic carbocycles. The molecule has 1 atom stereocenters. The minimum atomic E-state index is 0.391. The molecule has 0 amide bonds. The molecule has 1 aliphatic heterocycles. The van der Waals surface area contributed by atoms with Gasteiger partial charge in [-0.15, -0.1) is 0 Å². The van der Waals surface area contributed by atoms with E-state index in [0.717, 1.165) is 41.9 Å². The second kappa shape index (κ2) is 4.86. The van der Waals surface area contributed by atoms with Crippen LogP contribution in [0, 0.1) is 0 Å². The largest absolute Gasteiger partial charge is 0.489 e. The Balaban J connectivity index is 2.03. The Hall–Kier alpha value is -0.740. The van der Waals surface area contributed by atoms with Gasteiger partial charge in [0, 0.05) is 4.47 Å². The summed E-state index contributed by atoms with van der Waals surface area (Å²) in [6.45, 7) is 1.47. The van der Waals surface area contributed by atoms with Gasteiger partial charge in [-0.05, 0) is 37.6 Å². The second-order valence-corrected chi connectivity index (χ2v) is 4.64. The molecule has 0 saturated carbocycles. The van der Waals surface area contributed by atoms with Crippen molar-refractivity contribution >= 4 is 21.6 Å². The molecule has 1 heterocycles. The Morgan fingerprint density at radius 2 is 2.40 bits per heavy atom. The lowest BCUT2D eigenvalue weighted by Crippen LogP contribution is -2.31. The van der Waals surface area contributed by atoms with E-state index >= 15 is 0 Å². The third-order valence-corrected chi connectivity index (χ3v) is 2.99. The van der Waals surface area contributed by atoms with Gasteiger partial charge >= 0.3 is 0 Å². The number of nitrogens with one attached hydrogen (secondary N) is 1. The van der Waals surface area contributed by atoms with E-state index in [-0.39, 0.29) is 0 Å². The van der Waals surface area contributed by atoms with E-state index in [2.05, 4.69) is 21.2 Å². The first-order valence-corrected chi connectivity index (χ1v) is 5.98. The Kier molecular flexibility index (Phi) is 3.49. The maximum Gasteiger partial charge on any atom is 0.143 e. The predicted molar refractivity (Wildman–Crippen MR) is 65.3 cm³/mol. The predicted octanol–water partition coefficient (Wildman–Crippen LogP) is 2.36. The molecule has 1 aliphatic rings. The molecular weight excluding hydrogens is 256 g/mol. The fourth-order valence-electron chi connectivity index (χ4n) is 1.71. The zero-order valence-corrected chi connectivity index (χ0v) is 10.1. The third-order valence-electron chi connectivity index (χ3n) is 2.50. The van der Waals surface area contributed by atoms with E-state index < -0.39 is 0 Å². The van der Waals surface area contributed by atoms with Crippen LogP contribution in [0.5, 0.6) is 5.75 Å². The van der Waals surface area contributed by atoms with Crippen LogP contribution in [0.3, 0.4) is 0 Å². The monoisotopic (exact) mass is 270 g/mol. The van der Waals surface area contributed by atoms with Crippen molar-refractivity contribution in [2.24, 2.45) is 5.73 Å². The number of rotatable bonds is 3. The van der Waals surface area contributed by atoms with Crippen LogP contribution >= 0.6 is 15.9 Å². The van der Waals surface area contributed by atoms with Crippen molar-refractivity contribution in [2.45, 2.75) is 18.9 Å². The summed E-state index contributed by atoms with van der Waals surface area (Å²) >= 11 is 3.42. The summed E-state index contributed by atoms with van der Waals surface area (Å²) in [5.41, 5.74) is 6.56. The fraction of sp³-hybridized carbons (Fsp3) is 0.455. The number of nitrogens with two attached hydrogens (primary N) is 1. The first kappa shape index (κ1) is 10.8. The Morgan fingerprint density at radius 3 is 3.20 bits per heavy atom. The fourth-order valence-corrected chi connectivity index (χ4v) is 2.05. The molecule has 82 valence electrons. The molecular formula is C11H15BrN2O. The summed E-state index contributed by atoms with van der Waals surface area (Å²) in [5, 5.41) is 3.46. The molecule has 15 heavy (non-hydrogen) atoms. The summed E-state index contributed by atoms with van der Waals surface area (Å²) in [6.07, 6.45) is 2.10. The van der Waals surface area contributed by atoms with Crippen LogP contribution in [0.25, 0.3) is 0 Å². The Morgan fingerprint density at radius 1 is 1.53 bits per heavy atom. The number of hydrogen-bond acceptors (Lipinski definition) is 3. The lowest BCUT2D eigenvalue weighted by molar-refractivity contribution is 0.277. The van der Waals surface area contributed by atoms with Crippen LogP contribution < -0.4 is 15.8 Å². The third kappa shape index (κ3) is 2.63. The topological polar surface area (TPSA) is 47.3 Å². The van der Waals surface area contributed by atoms with Crippen molar-refractivity contribution in [1.29, 1.82) is 0 Å². The van der Waals surface area contributed by atoms with Gasteiger partial charge in [0.25, 0.3) is 0 Å². The van der Waals surface area contributed by atoms with Gasteiger partial charge in [0.05, 0.1) is 11.7 Å². The highest BCUT2D eigenvalue weighted by Crippen LogP contribution is 2.32. The number of benzene rings is 1. The number of hydrogen-bond donors (Lipinski definition) is 2. The first-order valence-electron chi connectivity index (χ1n) is 5.18. The number of ether oxygens (including phenoxy) is 1. The van der Waals surface area contributed by atoms with Crippen molar-refractivity contribution in [2.75, 3.05) is 18.5 Å². The normalized spacial score (nSPS) is 18.9.